The summed E-state index contributed by atoms with van der Waals surface area (Å²) in [5, 5.41) is 14.0. The number of nitrogens with one attached hydrogen (secondary N) is 1. The van der Waals surface area contributed by atoms with Gasteiger partial charge in [0.1, 0.15) is 23.0 Å². The monoisotopic (exact) mass is 306 g/mol. The molecule has 2 heterocycles. The van der Waals surface area contributed by atoms with Crippen molar-refractivity contribution in [3.05, 3.63) is 29.7 Å². The van der Waals surface area contributed by atoms with Crippen LogP contribution in [0.3, 0.4) is 0 Å². The summed E-state index contributed by atoms with van der Waals surface area (Å²) >= 11 is 1.32. The maximum absolute atomic E-state index is 12.1. The van der Waals surface area contributed by atoms with Crippen molar-refractivity contribution in [1.82, 2.24) is 10.3 Å². The number of rotatable bonds is 6. The van der Waals surface area contributed by atoms with Gasteiger partial charge in [0.15, 0.2) is 0 Å². The molecule has 0 spiro atoms. The lowest BCUT2D eigenvalue weighted by atomic mass is 10.1. The highest BCUT2D eigenvalue weighted by molar-refractivity contribution is 7.13. The van der Waals surface area contributed by atoms with Gasteiger partial charge in [-0.1, -0.05) is 12.8 Å². The van der Waals surface area contributed by atoms with Gasteiger partial charge in [-0.15, -0.1) is 11.3 Å². The summed E-state index contributed by atoms with van der Waals surface area (Å²) in [6, 6.07) is 0.914. The molecule has 1 atom stereocenters. The van der Waals surface area contributed by atoms with E-state index in [-0.39, 0.29) is 5.69 Å². The fourth-order valence-corrected chi connectivity index (χ4v) is 2.82. The summed E-state index contributed by atoms with van der Waals surface area (Å²) in [6.45, 7) is 0. The Bertz CT molecular complexity index is 646. The molecule has 0 bridgehead atoms. The number of hydrogen-bond donors (Lipinski definition) is 2. The van der Waals surface area contributed by atoms with E-state index >= 15 is 0 Å². The van der Waals surface area contributed by atoms with Crippen molar-refractivity contribution in [3.8, 4) is 10.6 Å². The normalized spacial score (nSPS) is 15.6. The molecule has 1 fully saturated rings. The Balaban J connectivity index is 1.68. The molecule has 2 aromatic rings. The van der Waals surface area contributed by atoms with E-state index in [1.165, 1.54) is 17.6 Å². The lowest BCUT2D eigenvalue weighted by Gasteiger charge is -2.12. The van der Waals surface area contributed by atoms with Crippen LogP contribution >= 0.6 is 11.3 Å². The molecule has 1 aliphatic rings. The number of aromatic nitrogens is 1. The molecule has 6 nitrogen and oxygen atoms in total. The van der Waals surface area contributed by atoms with Crippen LogP contribution in [0.1, 0.15) is 29.8 Å². The van der Waals surface area contributed by atoms with Crippen LogP contribution in [0.25, 0.3) is 10.6 Å². The fourth-order valence-electron chi connectivity index (χ4n) is 2.04. The predicted octanol–water partition coefficient (Wildman–Crippen LogP) is 2.39. The van der Waals surface area contributed by atoms with Gasteiger partial charge in [0.2, 0.25) is 0 Å². The van der Waals surface area contributed by atoms with Crippen molar-refractivity contribution in [2.75, 3.05) is 0 Å². The molecule has 0 aromatic carbocycles. The van der Waals surface area contributed by atoms with Crippen molar-refractivity contribution in [1.29, 1.82) is 0 Å². The van der Waals surface area contributed by atoms with E-state index in [0.717, 1.165) is 18.4 Å². The van der Waals surface area contributed by atoms with Gasteiger partial charge in [-0.25, -0.2) is 9.78 Å². The zero-order chi connectivity index (χ0) is 14.8. The van der Waals surface area contributed by atoms with Crippen molar-refractivity contribution in [3.63, 3.8) is 0 Å². The molecule has 1 unspecified atom stereocenters. The summed E-state index contributed by atoms with van der Waals surface area (Å²) in [4.78, 5) is 27.5. The van der Waals surface area contributed by atoms with Crippen LogP contribution in [0.4, 0.5) is 0 Å². The van der Waals surface area contributed by atoms with Gasteiger partial charge in [-0.2, -0.15) is 0 Å². The third-order valence-corrected chi connectivity index (χ3v) is 4.27. The van der Waals surface area contributed by atoms with Crippen LogP contribution in [-0.2, 0) is 4.79 Å². The minimum atomic E-state index is -1.000. The van der Waals surface area contributed by atoms with Crippen LogP contribution in [0, 0.1) is 5.92 Å². The predicted molar refractivity (Wildman–Crippen MR) is 76.0 cm³/mol. The topological polar surface area (TPSA) is 92.4 Å². The molecule has 2 aromatic heterocycles. The Morgan fingerprint density at radius 3 is 2.95 bits per heavy atom. The van der Waals surface area contributed by atoms with Crippen molar-refractivity contribution in [2.24, 2.45) is 5.92 Å². The van der Waals surface area contributed by atoms with Gasteiger partial charge in [0.25, 0.3) is 5.91 Å². The Hall–Kier alpha value is -2.15. The maximum atomic E-state index is 12.1. The fraction of sp³-hybridized carbons (Fsp3) is 0.357. The summed E-state index contributed by atoms with van der Waals surface area (Å²) in [5.74, 6) is -1.03. The first-order valence-corrected chi connectivity index (χ1v) is 7.53. The van der Waals surface area contributed by atoms with E-state index in [1.54, 1.807) is 17.7 Å². The molecule has 110 valence electrons. The molecule has 2 N–H and O–H groups in total. The molecule has 1 aliphatic carbocycles. The first-order chi connectivity index (χ1) is 10.1. The van der Waals surface area contributed by atoms with Gasteiger partial charge < -0.3 is 14.8 Å². The zero-order valence-corrected chi connectivity index (χ0v) is 11.9. The van der Waals surface area contributed by atoms with Gasteiger partial charge in [0.05, 0.1) is 6.26 Å². The van der Waals surface area contributed by atoms with E-state index in [1.807, 2.05) is 0 Å². The van der Waals surface area contributed by atoms with Crippen molar-refractivity contribution in [2.45, 2.75) is 25.3 Å². The van der Waals surface area contributed by atoms with Crippen LogP contribution in [0.15, 0.2) is 28.4 Å². The third-order valence-electron chi connectivity index (χ3n) is 3.37. The molecule has 1 amide bonds. The summed E-state index contributed by atoms with van der Waals surface area (Å²) < 4.78 is 4.97. The molecule has 7 heteroatoms. The number of furan rings is 1. The number of carbonyl (C=O) groups is 2. The Morgan fingerprint density at radius 1 is 1.52 bits per heavy atom. The van der Waals surface area contributed by atoms with E-state index in [2.05, 4.69) is 10.3 Å². The largest absolute Gasteiger partial charge is 0.480 e. The standard InChI is InChI=1S/C14H14N2O4S/c17-12(15-10(14(18)19)5-8-1-2-8)11-7-21-13(16-11)9-3-4-20-6-9/h3-4,6-8,10H,1-2,5H2,(H,15,17)(H,18,19). The number of aliphatic carboxylic acids is 1. The SMILES string of the molecule is O=C(NC(CC1CC1)C(=O)O)c1csc(-c2ccoc2)n1. The molecule has 0 saturated heterocycles. The molecule has 3 rings (SSSR count). The highest BCUT2D eigenvalue weighted by Crippen LogP contribution is 2.33. The van der Waals surface area contributed by atoms with Gasteiger partial charge >= 0.3 is 5.97 Å². The zero-order valence-electron chi connectivity index (χ0n) is 11.1. The first kappa shape index (κ1) is 13.8. The minimum Gasteiger partial charge on any atom is -0.480 e. The second kappa shape index (κ2) is 5.69. The second-order valence-corrected chi connectivity index (χ2v) is 5.95. The Kier molecular flexibility index (Phi) is 3.74. The molecular formula is C14H14N2O4S. The molecule has 1 saturated carbocycles. The van der Waals surface area contributed by atoms with Crippen molar-refractivity contribution >= 4 is 23.2 Å². The van der Waals surface area contributed by atoms with Gasteiger partial charge in [-0.05, 0) is 18.4 Å². The lowest BCUT2D eigenvalue weighted by molar-refractivity contribution is -0.139. The smallest absolute Gasteiger partial charge is 0.326 e. The Labute approximate surface area is 124 Å². The van der Waals surface area contributed by atoms with Crippen LogP contribution in [0.5, 0.6) is 0 Å². The average molecular weight is 306 g/mol. The minimum absolute atomic E-state index is 0.234. The van der Waals surface area contributed by atoms with Crippen LogP contribution in [-0.4, -0.2) is 28.0 Å². The molecule has 21 heavy (non-hydrogen) atoms. The maximum Gasteiger partial charge on any atom is 0.326 e. The van der Waals surface area contributed by atoms with E-state index in [9.17, 15) is 9.59 Å². The number of carbonyl (C=O) groups excluding carboxylic acids is 1. The highest BCUT2D eigenvalue weighted by Gasteiger charge is 2.30. The number of amides is 1. The van der Waals surface area contributed by atoms with E-state index < -0.39 is 17.9 Å². The van der Waals surface area contributed by atoms with Crippen molar-refractivity contribution < 1.29 is 19.1 Å². The quantitative estimate of drug-likeness (QED) is 0.855. The summed E-state index contributed by atoms with van der Waals surface area (Å²) in [7, 11) is 0. The second-order valence-electron chi connectivity index (χ2n) is 5.09. The summed E-state index contributed by atoms with van der Waals surface area (Å²) in [6.07, 6.45) is 5.65. The number of nitrogens with zero attached hydrogens (tertiary/aromatic N) is 1. The molecule has 0 aliphatic heterocycles. The average Bonchev–Trinajstić information content (AvgIpc) is 2.97. The number of thiazole rings is 1. The number of carboxylic acids is 1. The Morgan fingerprint density at radius 2 is 2.33 bits per heavy atom. The lowest BCUT2D eigenvalue weighted by Crippen LogP contribution is -2.41. The number of hydrogen-bond acceptors (Lipinski definition) is 5. The van der Waals surface area contributed by atoms with Gasteiger partial charge in [0, 0.05) is 10.9 Å². The first-order valence-electron chi connectivity index (χ1n) is 6.65. The summed E-state index contributed by atoms with van der Waals surface area (Å²) in [5.41, 5.74) is 1.03. The molecule has 0 radical (unpaired) electrons. The van der Waals surface area contributed by atoms with Crippen LogP contribution in [0.2, 0.25) is 0 Å². The third kappa shape index (κ3) is 3.30. The highest BCUT2D eigenvalue weighted by atomic mass is 32.1. The number of carboxylic acid groups (broad SMARTS) is 1. The molecular weight excluding hydrogens is 292 g/mol. The van der Waals surface area contributed by atoms with Gasteiger partial charge in [-0.3, -0.25) is 4.79 Å². The van der Waals surface area contributed by atoms with E-state index in [4.69, 9.17) is 9.52 Å². The van der Waals surface area contributed by atoms with Crippen LogP contribution < -0.4 is 5.32 Å². The van der Waals surface area contributed by atoms with E-state index in [0.29, 0.717) is 17.3 Å².